The van der Waals surface area contributed by atoms with Gasteiger partial charge in [0.05, 0.1) is 11.8 Å². The van der Waals surface area contributed by atoms with E-state index in [-0.39, 0.29) is 23.7 Å². The summed E-state index contributed by atoms with van der Waals surface area (Å²) < 4.78 is 0. The number of carbonyl (C=O) groups is 2. The van der Waals surface area contributed by atoms with Crippen LogP contribution in [0.3, 0.4) is 0 Å². The molecule has 0 aliphatic heterocycles. The molecule has 0 bridgehead atoms. The van der Waals surface area contributed by atoms with Gasteiger partial charge in [0.25, 0.3) is 0 Å². The summed E-state index contributed by atoms with van der Waals surface area (Å²) in [5.41, 5.74) is 2.80. The molecule has 4 nitrogen and oxygen atoms in total. The highest BCUT2D eigenvalue weighted by Gasteiger charge is 2.48. The van der Waals surface area contributed by atoms with Crippen molar-refractivity contribution in [3.63, 3.8) is 0 Å². The summed E-state index contributed by atoms with van der Waals surface area (Å²) in [6.45, 7) is 2.43. The third kappa shape index (κ3) is 4.20. The molecule has 0 heterocycles. The number of anilines is 1. The lowest BCUT2D eigenvalue weighted by Gasteiger charge is -2.10. The first-order valence-electron chi connectivity index (χ1n) is 8.50. The fourth-order valence-corrected chi connectivity index (χ4v) is 3.11. The molecule has 3 rings (SSSR count). The van der Waals surface area contributed by atoms with Crippen LogP contribution in [0.4, 0.5) is 5.69 Å². The molecule has 0 aromatic heterocycles. The van der Waals surface area contributed by atoms with Crippen molar-refractivity contribution in [2.45, 2.75) is 26.3 Å². The van der Waals surface area contributed by atoms with E-state index in [9.17, 15) is 9.59 Å². The summed E-state index contributed by atoms with van der Waals surface area (Å²) in [6, 6.07) is 15.1. The van der Waals surface area contributed by atoms with Crippen LogP contribution in [0.2, 0.25) is 5.02 Å². The van der Waals surface area contributed by atoms with Crippen LogP contribution in [0.1, 0.15) is 24.5 Å². The Hall–Kier alpha value is -2.33. The topological polar surface area (TPSA) is 58.2 Å². The van der Waals surface area contributed by atoms with Crippen molar-refractivity contribution in [1.82, 2.24) is 5.32 Å². The fourth-order valence-electron chi connectivity index (χ4n) is 2.91. The van der Waals surface area contributed by atoms with Crippen molar-refractivity contribution < 1.29 is 9.59 Å². The number of carbonyl (C=O) groups excluding carboxylic acids is 2. The number of aryl methyl sites for hydroxylation is 1. The number of rotatable bonds is 6. The first-order valence-corrected chi connectivity index (χ1v) is 8.87. The minimum atomic E-state index is -0.254. The highest BCUT2D eigenvalue weighted by Crippen LogP contribution is 2.39. The highest BCUT2D eigenvalue weighted by atomic mass is 35.5. The van der Waals surface area contributed by atoms with E-state index in [4.69, 9.17) is 11.6 Å². The van der Waals surface area contributed by atoms with Crippen LogP contribution < -0.4 is 10.6 Å². The van der Waals surface area contributed by atoms with Gasteiger partial charge in [0.2, 0.25) is 11.8 Å². The molecule has 2 N–H and O–H groups in total. The van der Waals surface area contributed by atoms with Gasteiger partial charge < -0.3 is 10.6 Å². The van der Waals surface area contributed by atoms with Crippen molar-refractivity contribution in [3.05, 3.63) is 64.7 Å². The van der Waals surface area contributed by atoms with Gasteiger partial charge >= 0.3 is 0 Å². The van der Waals surface area contributed by atoms with E-state index in [1.807, 2.05) is 49.4 Å². The summed E-state index contributed by atoms with van der Waals surface area (Å²) in [4.78, 5) is 24.6. The van der Waals surface area contributed by atoms with Crippen molar-refractivity contribution in [2.75, 3.05) is 5.32 Å². The second-order valence-electron chi connectivity index (χ2n) is 6.26. The molecule has 2 atom stereocenters. The predicted octanol–water partition coefficient (Wildman–Crippen LogP) is 3.79. The van der Waals surface area contributed by atoms with Crippen molar-refractivity contribution in [1.29, 1.82) is 0 Å². The number of benzene rings is 2. The SMILES string of the molecule is CCc1ccccc1NC(=O)C1CC1C(=O)NCc1ccccc1Cl. The minimum Gasteiger partial charge on any atom is -0.352 e. The summed E-state index contributed by atoms with van der Waals surface area (Å²) in [7, 11) is 0. The van der Waals surface area contributed by atoms with Crippen LogP contribution in [0.15, 0.2) is 48.5 Å². The summed E-state index contributed by atoms with van der Waals surface area (Å²) in [5, 5.41) is 6.45. The first-order chi connectivity index (χ1) is 12.1. The standard InChI is InChI=1S/C20H21ClN2O2/c1-2-13-7-4-6-10-18(13)23-20(25)16-11-15(16)19(24)22-12-14-8-3-5-9-17(14)21/h3-10,15-16H,2,11-12H2,1H3,(H,22,24)(H,23,25). The molecule has 1 saturated carbocycles. The van der Waals surface area contributed by atoms with E-state index in [0.29, 0.717) is 18.0 Å². The molecule has 2 amide bonds. The molecular formula is C20H21ClN2O2. The van der Waals surface area contributed by atoms with E-state index >= 15 is 0 Å². The molecule has 2 aromatic rings. The Kier molecular flexibility index (Phi) is 5.39. The number of hydrogen-bond acceptors (Lipinski definition) is 2. The summed E-state index contributed by atoms with van der Waals surface area (Å²) in [5.74, 6) is -0.685. The quantitative estimate of drug-likeness (QED) is 0.827. The molecular weight excluding hydrogens is 336 g/mol. The molecule has 5 heteroatoms. The van der Waals surface area contributed by atoms with Crippen LogP contribution in [-0.4, -0.2) is 11.8 Å². The number of hydrogen-bond donors (Lipinski definition) is 2. The van der Waals surface area contributed by atoms with Crippen molar-refractivity contribution in [3.8, 4) is 0 Å². The lowest BCUT2D eigenvalue weighted by molar-refractivity contribution is -0.125. The van der Waals surface area contributed by atoms with E-state index in [2.05, 4.69) is 10.6 Å². The maximum atomic E-state index is 12.4. The Labute approximate surface area is 152 Å². The Bertz CT molecular complexity index is 791. The maximum absolute atomic E-state index is 12.4. The van der Waals surface area contributed by atoms with Crippen LogP contribution in [0.5, 0.6) is 0 Å². The highest BCUT2D eigenvalue weighted by molar-refractivity contribution is 6.31. The Morgan fingerprint density at radius 1 is 1.00 bits per heavy atom. The fraction of sp³-hybridized carbons (Fsp3) is 0.300. The molecule has 2 unspecified atom stereocenters. The zero-order chi connectivity index (χ0) is 17.8. The van der Waals surface area contributed by atoms with Gasteiger partial charge in [-0.25, -0.2) is 0 Å². The smallest absolute Gasteiger partial charge is 0.228 e. The summed E-state index contributed by atoms with van der Waals surface area (Å²) >= 11 is 6.09. The van der Waals surface area contributed by atoms with Crippen LogP contribution in [0, 0.1) is 11.8 Å². The van der Waals surface area contributed by atoms with Gasteiger partial charge in [0.15, 0.2) is 0 Å². The van der Waals surface area contributed by atoms with Crippen LogP contribution in [0.25, 0.3) is 0 Å². The van der Waals surface area contributed by atoms with E-state index < -0.39 is 0 Å². The maximum Gasteiger partial charge on any atom is 0.228 e. The molecule has 1 aliphatic carbocycles. The molecule has 130 valence electrons. The Morgan fingerprint density at radius 3 is 2.36 bits per heavy atom. The van der Waals surface area contributed by atoms with Gasteiger partial charge in [0.1, 0.15) is 0 Å². The lowest BCUT2D eigenvalue weighted by Crippen LogP contribution is -2.27. The van der Waals surface area contributed by atoms with Gasteiger partial charge in [0, 0.05) is 17.3 Å². The zero-order valence-electron chi connectivity index (χ0n) is 14.1. The summed E-state index contributed by atoms with van der Waals surface area (Å²) in [6.07, 6.45) is 1.44. The van der Waals surface area contributed by atoms with Gasteiger partial charge in [-0.1, -0.05) is 54.9 Å². The molecule has 0 spiro atoms. The molecule has 2 aromatic carbocycles. The average molecular weight is 357 g/mol. The van der Waals surface area contributed by atoms with Gasteiger partial charge in [-0.15, -0.1) is 0 Å². The minimum absolute atomic E-state index is 0.0845. The second-order valence-corrected chi connectivity index (χ2v) is 6.67. The molecule has 0 radical (unpaired) electrons. The lowest BCUT2D eigenvalue weighted by atomic mass is 10.1. The van der Waals surface area contributed by atoms with Crippen molar-refractivity contribution >= 4 is 29.1 Å². The van der Waals surface area contributed by atoms with Crippen LogP contribution in [-0.2, 0) is 22.6 Å². The average Bonchev–Trinajstić information content (AvgIpc) is 3.42. The number of amides is 2. The number of halogens is 1. The largest absolute Gasteiger partial charge is 0.352 e. The van der Waals surface area contributed by atoms with Gasteiger partial charge in [-0.3, -0.25) is 9.59 Å². The van der Waals surface area contributed by atoms with E-state index in [0.717, 1.165) is 23.2 Å². The number of nitrogens with one attached hydrogen (secondary N) is 2. The predicted molar refractivity (Wildman–Crippen MR) is 99.3 cm³/mol. The third-order valence-electron chi connectivity index (χ3n) is 4.53. The van der Waals surface area contributed by atoms with E-state index in [1.54, 1.807) is 6.07 Å². The second kappa shape index (κ2) is 7.70. The molecule has 0 saturated heterocycles. The zero-order valence-corrected chi connectivity index (χ0v) is 14.8. The van der Waals surface area contributed by atoms with Crippen LogP contribution >= 0.6 is 11.6 Å². The van der Waals surface area contributed by atoms with Crippen molar-refractivity contribution in [2.24, 2.45) is 11.8 Å². The number of para-hydroxylation sites is 1. The third-order valence-corrected chi connectivity index (χ3v) is 4.90. The first kappa shape index (κ1) is 17.5. The Balaban J connectivity index is 1.52. The molecule has 1 aliphatic rings. The van der Waals surface area contributed by atoms with E-state index in [1.165, 1.54) is 0 Å². The normalized spacial score (nSPS) is 18.5. The molecule has 25 heavy (non-hydrogen) atoms. The Morgan fingerprint density at radius 2 is 1.64 bits per heavy atom. The van der Waals surface area contributed by atoms with Gasteiger partial charge in [-0.05, 0) is 36.1 Å². The molecule has 1 fully saturated rings. The monoisotopic (exact) mass is 356 g/mol. The van der Waals surface area contributed by atoms with Gasteiger partial charge in [-0.2, -0.15) is 0 Å².